The highest BCUT2D eigenvalue weighted by molar-refractivity contribution is 6.18. The third-order valence-corrected chi connectivity index (χ3v) is 4.64. The first-order chi connectivity index (χ1) is 11.6. The SMILES string of the molecule is CN1CC(c2ccccc2)c2cccc(C(=O)OCCCl)c2C1N. The summed E-state index contributed by atoms with van der Waals surface area (Å²) in [5, 5.41) is 0. The van der Waals surface area contributed by atoms with Crippen LogP contribution in [0.25, 0.3) is 0 Å². The van der Waals surface area contributed by atoms with Crippen LogP contribution in [0.5, 0.6) is 0 Å². The largest absolute Gasteiger partial charge is 0.461 e. The van der Waals surface area contributed by atoms with Gasteiger partial charge in [0.25, 0.3) is 0 Å². The van der Waals surface area contributed by atoms with Crippen molar-refractivity contribution in [3.05, 3.63) is 70.8 Å². The average Bonchev–Trinajstić information content (AvgIpc) is 2.62. The quantitative estimate of drug-likeness (QED) is 0.684. The zero-order chi connectivity index (χ0) is 17.1. The molecular weight excluding hydrogens is 324 g/mol. The average molecular weight is 345 g/mol. The normalized spacial score (nSPS) is 20.5. The van der Waals surface area contributed by atoms with Crippen molar-refractivity contribution in [1.82, 2.24) is 4.90 Å². The Labute approximate surface area is 147 Å². The molecule has 1 aliphatic rings. The topological polar surface area (TPSA) is 55.6 Å². The van der Waals surface area contributed by atoms with E-state index in [1.165, 1.54) is 5.56 Å². The Kier molecular flexibility index (Phi) is 5.19. The summed E-state index contributed by atoms with van der Waals surface area (Å²) in [5.41, 5.74) is 10.1. The van der Waals surface area contributed by atoms with E-state index in [9.17, 15) is 4.79 Å². The molecule has 0 saturated carbocycles. The first kappa shape index (κ1) is 17.0. The van der Waals surface area contributed by atoms with Crippen LogP contribution in [0, 0.1) is 0 Å². The molecule has 2 aromatic carbocycles. The maximum Gasteiger partial charge on any atom is 0.338 e. The summed E-state index contributed by atoms with van der Waals surface area (Å²) < 4.78 is 5.22. The summed E-state index contributed by atoms with van der Waals surface area (Å²) in [7, 11) is 1.98. The first-order valence-corrected chi connectivity index (χ1v) is 8.53. The molecule has 2 aromatic rings. The van der Waals surface area contributed by atoms with Gasteiger partial charge in [-0.3, -0.25) is 4.90 Å². The van der Waals surface area contributed by atoms with Gasteiger partial charge in [-0.05, 0) is 24.2 Å². The van der Waals surface area contributed by atoms with Crippen molar-refractivity contribution in [2.24, 2.45) is 5.73 Å². The van der Waals surface area contributed by atoms with Crippen LogP contribution in [-0.4, -0.2) is 36.9 Å². The van der Waals surface area contributed by atoms with E-state index >= 15 is 0 Å². The number of carbonyl (C=O) groups excluding carboxylic acids is 1. The number of alkyl halides is 1. The van der Waals surface area contributed by atoms with Gasteiger partial charge in [-0.1, -0.05) is 42.5 Å². The molecule has 4 nitrogen and oxygen atoms in total. The Morgan fingerprint density at radius 2 is 2.00 bits per heavy atom. The second-order valence-corrected chi connectivity index (χ2v) is 6.36. The van der Waals surface area contributed by atoms with Crippen molar-refractivity contribution in [2.75, 3.05) is 26.1 Å². The van der Waals surface area contributed by atoms with E-state index < -0.39 is 0 Å². The number of ether oxygens (including phenoxy) is 1. The number of nitrogens with zero attached hydrogens (tertiary/aromatic N) is 1. The van der Waals surface area contributed by atoms with Crippen LogP contribution in [-0.2, 0) is 4.74 Å². The summed E-state index contributed by atoms with van der Waals surface area (Å²) in [6.07, 6.45) is -0.334. The van der Waals surface area contributed by atoms with Crippen LogP contribution in [0.2, 0.25) is 0 Å². The molecular formula is C19H21ClN2O2. The van der Waals surface area contributed by atoms with Gasteiger partial charge in [0.2, 0.25) is 0 Å². The van der Waals surface area contributed by atoms with Crippen LogP contribution in [0.1, 0.15) is 39.1 Å². The molecule has 126 valence electrons. The van der Waals surface area contributed by atoms with Gasteiger partial charge >= 0.3 is 5.97 Å². The summed E-state index contributed by atoms with van der Waals surface area (Å²) in [6, 6.07) is 16.0. The lowest BCUT2D eigenvalue weighted by molar-refractivity contribution is 0.0524. The number of halogens is 1. The van der Waals surface area contributed by atoms with Crippen LogP contribution in [0.15, 0.2) is 48.5 Å². The van der Waals surface area contributed by atoms with Crippen molar-refractivity contribution >= 4 is 17.6 Å². The standard InChI is InChI=1S/C19H21ClN2O2/c1-22-12-16(13-6-3-2-4-7-13)14-8-5-9-15(17(14)18(22)21)19(23)24-11-10-20/h2-9,16,18H,10-12,21H2,1H3. The summed E-state index contributed by atoms with van der Waals surface area (Å²) in [5.74, 6) is 0.0798. The summed E-state index contributed by atoms with van der Waals surface area (Å²) in [6.45, 7) is 0.996. The second kappa shape index (κ2) is 7.34. The fourth-order valence-electron chi connectivity index (χ4n) is 3.29. The molecule has 0 aromatic heterocycles. The molecule has 1 aliphatic heterocycles. The molecule has 1 heterocycles. The molecule has 2 unspecified atom stereocenters. The third-order valence-electron chi connectivity index (χ3n) is 4.49. The van der Waals surface area contributed by atoms with E-state index in [1.54, 1.807) is 6.07 Å². The fourth-order valence-corrected chi connectivity index (χ4v) is 3.37. The van der Waals surface area contributed by atoms with Crippen molar-refractivity contribution in [2.45, 2.75) is 12.1 Å². The molecule has 0 amide bonds. The van der Waals surface area contributed by atoms with E-state index in [2.05, 4.69) is 23.1 Å². The number of carbonyl (C=O) groups is 1. The fraction of sp³-hybridized carbons (Fsp3) is 0.316. The monoisotopic (exact) mass is 344 g/mol. The van der Waals surface area contributed by atoms with Gasteiger partial charge in [-0.25, -0.2) is 4.79 Å². The smallest absolute Gasteiger partial charge is 0.338 e. The molecule has 0 fully saturated rings. The number of rotatable bonds is 4. The molecule has 2 N–H and O–H groups in total. The minimum Gasteiger partial charge on any atom is -0.461 e. The van der Waals surface area contributed by atoms with Crippen molar-refractivity contribution in [3.63, 3.8) is 0 Å². The highest BCUT2D eigenvalue weighted by Gasteiger charge is 2.33. The minimum atomic E-state index is -0.370. The minimum absolute atomic E-state index is 0.173. The molecule has 0 aliphatic carbocycles. The Morgan fingerprint density at radius 3 is 2.71 bits per heavy atom. The molecule has 0 radical (unpaired) electrons. The Hall–Kier alpha value is -1.88. The van der Waals surface area contributed by atoms with E-state index in [0.717, 1.165) is 17.7 Å². The summed E-state index contributed by atoms with van der Waals surface area (Å²) >= 11 is 5.62. The zero-order valence-corrected chi connectivity index (χ0v) is 14.4. The number of benzene rings is 2. The van der Waals surface area contributed by atoms with E-state index in [0.29, 0.717) is 5.56 Å². The first-order valence-electron chi connectivity index (χ1n) is 8.00. The zero-order valence-electron chi connectivity index (χ0n) is 13.6. The number of fused-ring (bicyclic) bond motifs is 1. The van der Waals surface area contributed by atoms with Gasteiger partial charge in [0.05, 0.1) is 17.6 Å². The number of hydrogen-bond acceptors (Lipinski definition) is 4. The van der Waals surface area contributed by atoms with Gasteiger partial charge in [-0.15, -0.1) is 11.6 Å². The Bertz CT molecular complexity index is 721. The van der Waals surface area contributed by atoms with Crippen molar-refractivity contribution in [3.8, 4) is 0 Å². The number of nitrogens with two attached hydrogens (primary N) is 1. The lowest BCUT2D eigenvalue weighted by atomic mass is 9.81. The number of hydrogen-bond donors (Lipinski definition) is 1. The third kappa shape index (κ3) is 3.18. The Morgan fingerprint density at radius 1 is 1.25 bits per heavy atom. The van der Waals surface area contributed by atoms with Crippen LogP contribution >= 0.6 is 11.6 Å². The van der Waals surface area contributed by atoms with Gasteiger partial charge in [0, 0.05) is 18.0 Å². The van der Waals surface area contributed by atoms with Gasteiger partial charge in [0.15, 0.2) is 0 Å². The highest BCUT2D eigenvalue weighted by atomic mass is 35.5. The molecule has 2 atom stereocenters. The molecule has 0 saturated heterocycles. The van der Waals surface area contributed by atoms with Crippen LogP contribution < -0.4 is 5.73 Å². The molecule has 24 heavy (non-hydrogen) atoms. The predicted octanol–water partition coefficient (Wildman–Crippen LogP) is 3.12. The van der Waals surface area contributed by atoms with Gasteiger partial charge in [0.1, 0.15) is 6.61 Å². The number of esters is 1. The van der Waals surface area contributed by atoms with Crippen LogP contribution in [0.4, 0.5) is 0 Å². The lowest BCUT2D eigenvalue weighted by Crippen LogP contribution is -2.41. The molecule has 5 heteroatoms. The molecule has 0 bridgehead atoms. The van der Waals surface area contributed by atoms with Crippen molar-refractivity contribution in [1.29, 1.82) is 0 Å². The predicted molar refractivity (Wildman–Crippen MR) is 95.3 cm³/mol. The van der Waals surface area contributed by atoms with Crippen molar-refractivity contribution < 1.29 is 9.53 Å². The molecule has 0 spiro atoms. The highest BCUT2D eigenvalue weighted by Crippen LogP contribution is 2.38. The summed E-state index contributed by atoms with van der Waals surface area (Å²) in [4.78, 5) is 14.5. The lowest BCUT2D eigenvalue weighted by Gasteiger charge is -2.38. The van der Waals surface area contributed by atoms with E-state index in [-0.39, 0.29) is 30.5 Å². The van der Waals surface area contributed by atoms with Gasteiger partial charge in [-0.2, -0.15) is 0 Å². The van der Waals surface area contributed by atoms with E-state index in [4.69, 9.17) is 22.1 Å². The maximum absolute atomic E-state index is 12.4. The number of likely N-dealkylation sites (N-methyl/N-ethyl adjacent to an activating group) is 1. The molecule has 3 rings (SSSR count). The van der Waals surface area contributed by atoms with E-state index in [1.807, 2.05) is 31.3 Å². The second-order valence-electron chi connectivity index (χ2n) is 5.98. The Balaban J connectivity index is 2.07. The van der Waals surface area contributed by atoms with Gasteiger partial charge < -0.3 is 10.5 Å². The van der Waals surface area contributed by atoms with Crippen LogP contribution in [0.3, 0.4) is 0 Å². The maximum atomic E-state index is 12.4.